The molecule has 6 nitrogen and oxygen atoms in total. The minimum absolute atomic E-state index is 0.00627. The van der Waals surface area contributed by atoms with Crippen LogP contribution >= 0.6 is 11.8 Å². The lowest BCUT2D eigenvalue weighted by atomic mass is 10.0. The molecule has 0 aliphatic heterocycles. The monoisotopic (exact) mass is 462 g/mol. The second-order valence-electron chi connectivity index (χ2n) is 7.13. The number of nitrogens with zero attached hydrogens (tertiary/aromatic N) is 2. The SMILES string of the molecule is CC(C)c1ccccc1-n1ccnc1SCC(=O)NCC(=O)Nc1ccc(F)c(F)c1F. The van der Waals surface area contributed by atoms with Gasteiger partial charge in [-0.15, -0.1) is 0 Å². The van der Waals surface area contributed by atoms with Gasteiger partial charge in [-0.3, -0.25) is 14.2 Å². The van der Waals surface area contributed by atoms with Crippen molar-refractivity contribution in [2.75, 3.05) is 17.6 Å². The number of rotatable bonds is 8. The molecule has 0 aliphatic rings. The summed E-state index contributed by atoms with van der Waals surface area (Å²) in [5.74, 6) is -5.48. The average molecular weight is 462 g/mol. The minimum Gasteiger partial charge on any atom is -0.346 e. The Hall–Kier alpha value is -3.27. The molecule has 0 fully saturated rings. The summed E-state index contributed by atoms with van der Waals surface area (Å²) in [5, 5.41) is 5.10. The fourth-order valence-electron chi connectivity index (χ4n) is 2.95. The van der Waals surface area contributed by atoms with Crippen molar-refractivity contribution in [1.29, 1.82) is 0 Å². The van der Waals surface area contributed by atoms with Crippen LogP contribution in [0, 0.1) is 17.5 Å². The van der Waals surface area contributed by atoms with Crippen LogP contribution in [-0.2, 0) is 9.59 Å². The van der Waals surface area contributed by atoms with E-state index < -0.39 is 41.5 Å². The van der Waals surface area contributed by atoms with E-state index in [1.54, 1.807) is 6.20 Å². The number of carbonyl (C=O) groups is 2. The maximum atomic E-state index is 13.6. The van der Waals surface area contributed by atoms with E-state index in [0.29, 0.717) is 17.1 Å². The summed E-state index contributed by atoms with van der Waals surface area (Å²) < 4.78 is 41.7. The number of imidazole rings is 1. The Bertz CT molecular complexity index is 1130. The largest absolute Gasteiger partial charge is 0.346 e. The number of carbonyl (C=O) groups excluding carboxylic acids is 2. The minimum atomic E-state index is -1.68. The lowest BCUT2D eigenvalue weighted by molar-refractivity contribution is -0.122. The molecule has 10 heteroatoms. The Morgan fingerprint density at radius 3 is 2.56 bits per heavy atom. The Morgan fingerprint density at radius 1 is 1.06 bits per heavy atom. The molecular formula is C22H21F3N4O2S. The molecule has 0 saturated heterocycles. The number of amides is 2. The maximum Gasteiger partial charge on any atom is 0.243 e. The van der Waals surface area contributed by atoms with Crippen molar-refractivity contribution in [3.8, 4) is 5.69 Å². The molecule has 0 atom stereocenters. The van der Waals surface area contributed by atoms with Crippen LogP contribution in [-0.4, -0.2) is 33.7 Å². The van der Waals surface area contributed by atoms with Gasteiger partial charge >= 0.3 is 0 Å². The first kappa shape index (κ1) is 23.4. The number of thioether (sulfide) groups is 1. The third-order valence-corrected chi connectivity index (χ3v) is 5.48. The first-order chi connectivity index (χ1) is 15.3. The summed E-state index contributed by atoms with van der Waals surface area (Å²) in [5.41, 5.74) is 1.59. The predicted octanol–water partition coefficient (Wildman–Crippen LogP) is 4.26. The highest BCUT2D eigenvalue weighted by Crippen LogP contribution is 2.27. The van der Waals surface area contributed by atoms with E-state index >= 15 is 0 Å². The van der Waals surface area contributed by atoms with Crippen molar-refractivity contribution in [1.82, 2.24) is 14.9 Å². The second-order valence-corrected chi connectivity index (χ2v) is 8.07. The van der Waals surface area contributed by atoms with Crippen LogP contribution in [0.15, 0.2) is 53.9 Å². The van der Waals surface area contributed by atoms with Gasteiger partial charge in [-0.05, 0) is 29.7 Å². The number of anilines is 1. The molecule has 1 aromatic heterocycles. The third kappa shape index (κ3) is 5.50. The van der Waals surface area contributed by atoms with E-state index in [9.17, 15) is 22.8 Å². The summed E-state index contributed by atoms with van der Waals surface area (Å²) >= 11 is 1.20. The molecule has 3 aromatic rings. The summed E-state index contributed by atoms with van der Waals surface area (Å²) in [7, 11) is 0. The summed E-state index contributed by atoms with van der Waals surface area (Å²) in [6.45, 7) is 3.73. The molecule has 0 aliphatic carbocycles. The molecule has 32 heavy (non-hydrogen) atoms. The fraction of sp³-hybridized carbons (Fsp3) is 0.227. The van der Waals surface area contributed by atoms with Crippen molar-refractivity contribution in [2.45, 2.75) is 24.9 Å². The molecule has 2 N–H and O–H groups in total. The lowest BCUT2D eigenvalue weighted by Gasteiger charge is -2.15. The standard InChI is InChI=1S/C22H21F3N4O2S/c1-13(2)14-5-3-4-6-17(14)29-10-9-26-22(29)32-12-19(31)27-11-18(30)28-16-8-7-15(23)20(24)21(16)25/h3-10,13H,11-12H2,1-2H3,(H,27,31)(H,28,30). The Balaban J connectivity index is 1.55. The predicted molar refractivity (Wildman–Crippen MR) is 116 cm³/mol. The zero-order chi connectivity index (χ0) is 23.3. The van der Waals surface area contributed by atoms with Crippen molar-refractivity contribution < 1.29 is 22.8 Å². The average Bonchev–Trinajstić information content (AvgIpc) is 3.25. The number of benzene rings is 2. The van der Waals surface area contributed by atoms with Gasteiger partial charge in [0.05, 0.1) is 23.7 Å². The molecule has 2 aromatic carbocycles. The first-order valence-corrected chi connectivity index (χ1v) is 10.7. The van der Waals surface area contributed by atoms with E-state index in [-0.39, 0.29) is 5.75 Å². The van der Waals surface area contributed by atoms with Gasteiger partial charge in [-0.25, -0.2) is 18.2 Å². The number of hydrogen-bond donors (Lipinski definition) is 2. The zero-order valence-electron chi connectivity index (χ0n) is 17.4. The first-order valence-electron chi connectivity index (χ1n) is 9.73. The highest BCUT2D eigenvalue weighted by Gasteiger charge is 2.16. The van der Waals surface area contributed by atoms with Gasteiger partial charge in [0.1, 0.15) is 0 Å². The van der Waals surface area contributed by atoms with Gasteiger partial charge in [0.2, 0.25) is 11.8 Å². The quantitative estimate of drug-likeness (QED) is 0.388. The molecule has 2 amide bonds. The topological polar surface area (TPSA) is 76.0 Å². The van der Waals surface area contributed by atoms with E-state index in [2.05, 4.69) is 29.5 Å². The number of halogens is 3. The van der Waals surface area contributed by atoms with Crippen molar-refractivity contribution >= 4 is 29.3 Å². The van der Waals surface area contributed by atoms with E-state index in [0.717, 1.165) is 17.3 Å². The van der Waals surface area contributed by atoms with Crippen LogP contribution in [0.1, 0.15) is 25.3 Å². The molecule has 0 saturated carbocycles. The summed E-state index contributed by atoms with van der Waals surface area (Å²) in [6.07, 6.45) is 3.45. The second kappa shape index (κ2) is 10.4. The third-order valence-electron chi connectivity index (χ3n) is 4.51. The summed E-state index contributed by atoms with van der Waals surface area (Å²) in [6, 6.07) is 9.50. The lowest BCUT2D eigenvalue weighted by Crippen LogP contribution is -2.34. The van der Waals surface area contributed by atoms with Gasteiger partial charge < -0.3 is 10.6 Å². The highest BCUT2D eigenvalue weighted by molar-refractivity contribution is 7.99. The van der Waals surface area contributed by atoms with Crippen molar-refractivity contribution in [3.05, 3.63) is 71.8 Å². The molecule has 0 unspecified atom stereocenters. The molecule has 1 heterocycles. The number of hydrogen-bond acceptors (Lipinski definition) is 4. The van der Waals surface area contributed by atoms with Crippen molar-refractivity contribution in [2.24, 2.45) is 0 Å². The molecule has 0 bridgehead atoms. The van der Waals surface area contributed by atoms with Gasteiger partial charge in [0.15, 0.2) is 22.6 Å². The molecule has 168 valence electrons. The number of nitrogens with one attached hydrogen (secondary N) is 2. The normalized spacial score (nSPS) is 10.9. The zero-order valence-corrected chi connectivity index (χ0v) is 18.2. The van der Waals surface area contributed by atoms with Crippen molar-refractivity contribution in [3.63, 3.8) is 0 Å². The highest BCUT2D eigenvalue weighted by atomic mass is 32.2. The van der Waals surface area contributed by atoms with E-state index in [1.165, 1.54) is 11.8 Å². The van der Waals surface area contributed by atoms with Gasteiger partial charge in [-0.1, -0.05) is 43.8 Å². The number of aromatic nitrogens is 2. The van der Waals surface area contributed by atoms with E-state index in [4.69, 9.17) is 0 Å². The Labute approximate surface area is 187 Å². The van der Waals surface area contributed by atoms with Crippen LogP contribution in [0.3, 0.4) is 0 Å². The maximum absolute atomic E-state index is 13.6. The molecule has 0 spiro atoms. The fourth-order valence-corrected chi connectivity index (χ4v) is 3.75. The van der Waals surface area contributed by atoms with Gasteiger partial charge in [0.25, 0.3) is 0 Å². The smallest absolute Gasteiger partial charge is 0.243 e. The Kier molecular flexibility index (Phi) is 7.57. The van der Waals surface area contributed by atoms with Crippen LogP contribution in [0.2, 0.25) is 0 Å². The number of para-hydroxylation sites is 1. The van der Waals surface area contributed by atoms with E-state index in [1.807, 2.05) is 35.0 Å². The molecule has 0 radical (unpaired) electrons. The van der Waals surface area contributed by atoms with Gasteiger partial charge in [-0.2, -0.15) is 0 Å². The van der Waals surface area contributed by atoms with Crippen LogP contribution in [0.25, 0.3) is 5.69 Å². The molecule has 3 rings (SSSR count). The van der Waals surface area contributed by atoms with Crippen LogP contribution in [0.5, 0.6) is 0 Å². The Morgan fingerprint density at radius 2 is 1.81 bits per heavy atom. The van der Waals surface area contributed by atoms with Crippen LogP contribution < -0.4 is 10.6 Å². The molecular weight excluding hydrogens is 441 g/mol. The summed E-state index contributed by atoms with van der Waals surface area (Å²) in [4.78, 5) is 28.4. The van der Waals surface area contributed by atoms with Crippen LogP contribution in [0.4, 0.5) is 18.9 Å². The van der Waals surface area contributed by atoms with Gasteiger partial charge in [0, 0.05) is 12.4 Å².